The van der Waals surface area contributed by atoms with Crippen LogP contribution in [0.4, 0.5) is 0 Å². The smallest absolute Gasteiger partial charge is 0.258 e. The lowest BCUT2D eigenvalue weighted by atomic mass is 9.76. The minimum Gasteiger partial charge on any atom is -0.334 e. The van der Waals surface area contributed by atoms with Crippen LogP contribution in [-0.4, -0.2) is 10.1 Å². The second-order valence-corrected chi connectivity index (χ2v) is 7.05. The van der Waals surface area contributed by atoms with Gasteiger partial charge in [0.05, 0.1) is 5.54 Å². The van der Waals surface area contributed by atoms with Gasteiger partial charge in [0.15, 0.2) is 5.82 Å². The largest absolute Gasteiger partial charge is 0.334 e. The Morgan fingerprint density at radius 3 is 3.00 bits per heavy atom. The number of aromatic nitrogens is 2. The summed E-state index contributed by atoms with van der Waals surface area (Å²) in [6.45, 7) is 4.27. The average molecular weight is 350 g/mol. The van der Waals surface area contributed by atoms with E-state index in [4.69, 9.17) is 10.3 Å². The van der Waals surface area contributed by atoms with Gasteiger partial charge in [-0.15, -0.1) is 0 Å². The van der Waals surface area contributed by atoms with E-state index >= 15 is 0 Å². The maximum absolute atomic E-state index is 6.54. The molecule has 0 spiro atoms. The molecule has 0 saturated heterocycles. The van der Waals surface area contributed by atoms with Gasteiger partial charge in [0, 0.05) is 10.0 Å². The van der Waals surface area contributed by atoms with Crippen molar-refractivity contribution in [1.82, 2.24) is 10.1 Å². The fraction of sp³-hybridized carbons (Fsp3) is 0.500. The molecule has 2 unspecified atom stereocenters. The van der Waals surface area contributed by atoms with Crippen molar-refractivity contribution in [3.63, 3.8) is 0 Å². The van der Waals surface area contributed by atoms with Crippen molar-refractivity contribution in [3.8, 4) is 11.5 Å². The second-order valence-electron chi connectivity index (χ2n) is 6.19. The summed E-state index contributed by atoms with van der Waals surface area (Å²) in [5.74, 6) is 1.80. The number of nitrogens with zero attached hydrogens (tertiary/aromatic N) is 2. The SMILES string of the molecule is Cc1c(Br)cccc1-c1nc(C2(N)CCCC(C)C2)no1. The number of hydrogen-bond donors (Lipinski definition) is 1. The van der Waals surface area contributed by atoms with E-state index in [0.29, 0.717) is 17.6 Å². The second kappa shape index (κ2) is 5.54. The fourth-order valence-corrected chi connectivity index (χ4v) is 3.54. The normalized spacial score (nSPS) is 26.0. The van der Waals surface area contributed by atoms with Crippen LogP contribution in [0.25, 0.3) is 11.5 Å². The van der Waals surface area contributed by atoms with Crippen LogP contribution in [0.2, 0.25) is 0 Å². The van der Waals surface area contributed by atoms with E-state index in [9.17, 15) is 0 Å². The fourth-order valence-electron chi connectivity index (χ4n) is 3.17. The average Bonchev–Trinajstić information content (AvgIpc) is 2.92. The highest BCUT2D eigenvalue weighted by Gasteiger charge is 2.37. The summed E-state index contributed by atoms with van der Waals surface area (Å²) in [6.07, 6.45) is 4.20. The number of rotatable bonds is 2. The first-order valence-corrected chi connectivity index (χ1v) is 8.17. The quantitative estimate of drug-likeness (QED) is 0.883. The Hall–Kier alpha value is -1.20. The lowest BCUT2D eigenvalue weighted by molar-refractivity contribution is 0.222. The van der Waals surface area contributed by atoms with Gasteiger partial charge in [-0.05, 0) is 43.4 Å². The Labute approximate surface area is 133 Å². The summed E-state index contributed by atoms with van der Waals surface area (Å²) in [4.78, 5) is 4.59. The Bertz CT molecular complexity index is 655. The van der Waals surface area contributed by atoms with E-state index in [1.807, 2.05) is 25.1 Å². The molecule has 2 N–H and O–H groups in total. The molecule has 1 heterocycles. The highest BCUT2D eigenvalue weighted by atomic mass is 79.9. The van der Waals surface area contributed by atoms with Crippen LogP contribution < -0.4 is 5.73 Å². The van der Waals surface area contributed by atoms with Crippen molar-refractivity contribution in [2.45, 2.75) is 45.1 Å². The van der Waals surface area contributed by atoms with Crippen LogP contribution in [0, 0.1) is 12.8 Å². The summed E-state index contributed by atoms with van der Waals surface area (Å²) < 4.78 is 6.51. The minimum absolute atomic E-state index is 0.445. The predicted octanol–water partition coefficient (Wildman–Crippen LogP) is 4.17. The van der Waals surface area contributed by atoms with Crippen LogP contribution in [0.3, 0.4) is 0 Å². The van der Waals surface area contributed by atoms with E-state index in [2.05, 4.69) is 33.0 Å². The molecule has 112 valence electrons. The van der Waals surface area contributed by atoms with Crippen molar-refractivity contribution in [2.24, 2.45) is 11.7 Å². The van der Waals surface area contributed by atoms with E-state index in [1.165, 1.54) is 6.42 Å². The molecule has 0 radical (unpaired) electrons. The van der Waals surface area contributed by atoms with Gasteiger partial charge in [-0.1, -0.05) is 46.9 Å². The zero-order valence-electron chi connectivity index (χ0n) is 12.4. The Morgan fingerprint density at radius 1 is 1.43 bits per heavy atom. The molecule has 5 heteroatoms. The lowest BCUT2D eigenvalue weighted by Crippen LogP contribution is -2.42. The molecule has 0 amide bonds. The number of benzene rings is 1. The number of nitrogens with two attached hydrogens (primary N) is 1. The van der Waals surface area contributed by atoms with Crippen molar-refractivity contribution in [1.29, 1.82) is 0 Å². The standard InChI is InChI=1S/C16H20BrN3O/c1-10-5-4-8-16(18,9-10)15-19-14(21-20-15)12-6-3-7-13(17)11(12)2/h3,6-7,10H,4-5,8-9,18H2,1-2H3. The zero-order chi connectivity index (χ0) is 15.0. The van der Waals surface area contributed by atoms with Gasteiger partial charge in [0.2, 0.25) is 0 Å². The van der Waals surface area contributed by atoms with Gasteiger partial charge in [0.1, 0.15) is 0 Å². The molecular weight excluding hydrogens is 330 g/mol. The zero-order valence-corrected chi connectivity index (χ0v) is 14.0. The van der Waals surface area contributed by atoms with E-state index in [1.54, 1.807) is 0 Å². The molecule has 1 aliphatic rings. The molecule has 1 aromatic carbocycles. The van der Waals surface area contributed by atoms with Crippen LogP contribution in [-0.2, 0) is 5.54 Å². The maximum Gasteiger partial charge on any atom is 0.258 e. The number of hydrogen-bond acceptors (Lipinski definition) is 4. The molecule has 0 bridgehead atoms. The third-order valence-corrected chi connectivity index (χ3v) is 5.26. The van der Waals surface area contributed by atoms with Gasteiger partial charge >= 0.3 is 0 Å². The minimum atomic E-state index is -0.445. The van der Waals surface area contributed by atoms with Crippen LogP contribution in [0.15, 0.2) is 27.2 Å². The molecule has 0 aliphatic heterocycles. The molecule has 3 rings (SSSR count). The summed E-state index contributed by atoms with van der Waals surface area (Å²) in [6, 6.07) is 5.96. The monoisotopic (exact) mass is 349 g/mol. The van der Waals surface area contributed by atoms with Crippen molar-refractivity contribution >= 4 is 15.9 Å². The molecule has 1 aromatic heterocycles. The van der Waals surface area contributed by atoms with Crippen molar-refractivity contribution < 1.29 is 4.52 Å². The molecular formula is C16H20BrN3O. The van der Waals surface area contributed by atoms with Crippen LogP contribution in [0.1, 0.15) is 44.0 Å². The molecule has 21 heavy (non-hydrogen) atoms. The van der Waals surface area contributed by atoms with Crippen molar-refractivity contribution in [2.75, 3.05) is 0 Å². The first kappa shape index (κ1) is 14.7. The topological polar surface area (TPSA) is 64.9 Å². The number of halogens is 1. The van der Waals surface area contributed by atoms with E-state index in [0.717, 1.165) is 34.9 Å². The summed E-state index contributed by atoms with van der Waals surface area (Å²) in [7, 11) is 0. The van der Waals surface area contributed by atoms with Crippen molar-refractivity contribution in [3.05, 3.63) is 34.1 Å². The molecule has 1 fully saturated rings. The Kier molecular flexibility index (Phi) is 3.88. The third-order valence-electron chi connectivity index (χ3n) is 4.40. The molecule has 2 atom stereocenters. The maximum atomic E-state index is 6.54. The Morgan fingerprint density at radius 2 is 2.24 bits per heavy atom. The third kappa shape index (κ3) is 2.77. The first-order valence-electron chi connectivity index (χ1n) is 7.38. The molecule has 4 nitrogen and oxygen atoms in total. The van der Waals surface area contributed by atoms with Gasteiger partial charge in [0.25, 0.3) is 5.89 Å². The summed E-state index contributed by atoms with van der Waals surface area (Å²) in [5.41, 5.74) is 8.14. The van der Waals surface area contributed by atoms with Gasteiger partial charge in [-0.2, -0.15) is 4.98 Å². The van der Waals surface area contributed by atoms with E-state index in [-0.39, 0.29) is 0 Å². The Balaban J connectivity index is 1.95. The van der Waals surface area contributed by atoms with Gasteiger partial charge in [-0.25, -0.2) is 0 Å². The molecule has 1 saturated carbocycles. The van der Waals surface area contributed by atoms with E-state index < -0.39 is 5.54 Å². The highest BCUT2D eigenvalue weighted by molar-refractivity contribution is 9.10. The lowest BCUT2D eigenvalue weighted by Gasteiger charge is -2.33. The summed E-state index contributed by atoms with van der Waals surface area (Å²) in [5, 5.41) is 4.17. The first-order chi connectivity index (χ1) is 9.99. The molecule has 1 aliphatic carbocycles. The van der Waals surface area contributed by atoms with Crippen LogP contribution >= 0.6 is 15.9 Å². The van der Waals surface area contributed by atoms with Crippen LogP contribution in [0.5, 0.6) is 0 Å². The predicted molar refractivity (Wildman–Crippen MR) is 85.7 cm³/mol. The van der Waals surface area contributed by atoms with Gasteiger partial charge < -0.3 is 10.3 Å². The summed E-state index contributed by atoms with van der Waals surface area (Å²) >= 11 is 3.53. The highest BCUT2D eigenvalue weighted by Crippen LogP contribution is 2.37. The van der Waals surface area contributed by atoms with Gasteiger partial charge in [-0.3, -0.25) is 0 Å². The molecule has 2 aromatic rings.